The third-order valence-corrected chi connectivity index (χ3v) is 10.3. The lowest BCUT2D eigenvalue weighted by molar-refractivity contribution is -0.263. The molecule has 5 aliphatic rings. The smallest absolute Gasteiger partial charge is 0.136 e. The number of aliphatic hydroxyl groups excluding tert-OH is 1. The predicted octanol–water partition coefficient (Wildman–Crippen LogP) is 5.48. The maximum Gasteiger partial charge on any atom is 0.136 e. The van der Waals surface area contributed by atoms with Gasteiger partial charge in [-0.05, 0) is 98.7 Å². The highest BCUT2D eigenvalue weighted by molar-refractivity contribution is 5.39. The Labute approximate surface area is 192 Å². The molecule has 3 heteroatoms. The van der Waals surface area contributed by atoms with Crippen molar-refractivity contribution in [3.8, 4) is 17.6 Å². The van der Waals surface area contributed by atoms with Crippen LogP contribution < -0.4 is 4.74 Å². The number of allylic oxidation sites excluding steroid dienone is 1. The third kappa shape index (κ3) is 2.57. The molecule has 3 saturated carbocycles. The first-order valence-electron chi connectivity index (χ1n) is 12.6. The van der Waals surface area contributed by atoms with Gasteiger partial charge in [-0.25, -0.2) is 0 Å². The molecule has 0 radical (unpaired) electrons. The quantitative estimate of drug-likeness (QED) is 0.496. The van der Waals surface area contributed by atoms with E-state index in [4.69, 9.17) is 9.47 Å². The Morgan fingerprint density at radius 3 is 2.62 bits per heavy atom. The minimum atomic E-state index is -0.261. The van der Waals surface area contributed by atoms with Crippen LogP contribution in [0.15, 0.2) is 35.9 Å². The van der Waals surface area contributed by atoms with Gasteiger partial charge in [0.05, 0.1) is 19.8 Å². The first-order chi connectivity index (χ1) is 15.5. The van der Waals surface area contributed by atoms with Gasteiger partial charge in [-0.3, -0.25) is 0 Å². The van der Waals surface area contributed by atoms with Crippen LogP contribution in [0, 0.1) is 40.4 Å². The van der Waals surface area contributed by atoms with Crippen molar-refractivity contribution >= 4 is 0 Å². The molecule has 0 aromatic heterocycles. The molecule has 0 unspecified atom stereocenters. The Hall–Kier alpha value is -1.76. The van der Waals surface area contributed by atoms with E-state index in [0.29, 0.717) is 23.7 Å². The molecule has 1 saturated heterocycles. The molecule has 0 bridgehead atoms. The van der Waals surface area contributed by atoms with Crippen LogP contribution in [0.2, 0.25) is 0 Å². The van der Waals surface area contributed by atoms with Gasteiger partial charge in [0.2, 0.25) is 0 Å². The lowest BCUT2D eigenvalue weighted by Gasteiger charge is -2.66. The summed E-state index contributed by atoms with van der Waals surface area (Å²) in [5.41, 5.74) is 3.13. The van der Waals surface area contributed by atoms with E-state index in [-0.39, 0.29) is 22.5 Å². The normalized spacial score (nSPS) is 46.2. The number of rotatable bonds is 2. The van der Waals surface area contributed by atoms with Gasteiger partial charge in [-0.15, -0.1) is 5.92 Å². The standard InChI is InChI=1S/C29H36O3/c1-4-13-29-15-12-25-23-10-7-20-16-21(30)11-14-27(20,2)26(23)24(17-28(25,29)18-32-29)19-5-8-22(31-3)9-6-19/h5-6,8-9,16,21,23-26,30H,7,10-12,14-15,17-18H2,1-3H3/t21-,23+,24-,25+,26-,27+,28-,29+/m1/s1. The number of ether oxygens (including phenoxy) is 2. The van der Waals surface area contributed by atoms with Crippen molar-refractivity contribution in [3.63, 3.8) is 0 Å². The molecule has 4 fully saturated rings. The van der Waals surface area contributed by atoms with Gasteiger partial charge in [0.15, 0.2) is 0 Å². The van der Waals surface area contributed by atoms with Crippen LogP contribution in [0.3, 0.4) is 0 Å². The summed E-state index contributed by atoms with van der Waals surface area (Å²) in [7, 11) is 1.74. The molecule has 6 rings (SSSR count). The zero-order valence-corrected chi connectivity index (χ0v) is 19.7. The summed E-state index contributed by atoms with van der Waals surface area (Å²) in [6.07, 6.45) is 9.85. The highest BCUT2D eigenvalue weighted by Gasteiger charge is 2.73. The predicted molar refractivity (Wildman–Crippen MR) is 125 cm³/mol. The molecule has 8 atom stereocenters. The van der Waals surface area contributed by atoms with Gasteiger partial charge in [0.1, 0.15) is 11.4 Å². The van der Waals surface area contributed by atoms with Crippen LogP contribution in [0.4, 0.5) is 0 Å². The van der Waals surface area contributed by atoms with E-state index in [1.54, 1.807) is 7.11 Å². The van der Waals surface area contributed by atoms with Crippen LogP contribution in [0.5, 0.6) is 5.75 Å². The van der Waals surface area contributed by atoms with Crippen LogP contribution in [0.25, 0.3) is 0 Å². The Balaban J connectivity index is 1.48. The second-order valence-electron chi connectivity index (χ2n) is 11.3. The zero-order chi connectivity index (χ0) is 22.1. The first-order valence-corrected chi connectivity index (χ1v) is 12.6. The van der Waals surface area contributed by atoms with E-state index in [2.05, 4.69) is 49.1 Å². The Morgan fingerprint density at radius 1 is 1.12 bits per heavy atom. The van der Waals surface area contributed by atoms with Crippen molar-refractivity contribution in [2.75, 3.05) is 13.7 Å². The Morgan fingerprint density at radius 2 is 1.94 bits per heavy atom. The van der Waals surface area contributed by atoms with E-state index in [1.165, 1.54) is 30.4 Å². The summed E-state index contributed by atoms with van der Waals surface area (Å²) in [6, 6.07) is 8.87. The van der Waals surface area contributed by atoms with Gasteiger partial charge in [-0.2, -0.15) is 0 Å². The number of aliphatic hydroxyl groups is 1. The molecule has 1 aromatic carbocycles. The molecule has 1 aromatic rings. The molecule has 170 valence electrons. The average Bonchev–Trinajstić information content (AvgIpc) is 3.01. The lowest BCUT2D eigenvalue weighted by atomic mass is 9.42. The summed E-state index contributed by atoms with van der Waals surface area (Å²) < 4.78 is 11.8. The molecular weight excluding hydrogens is 396 g/mol. The second kappa shape index (κ2) is 7.12. The van der Waals surface area contributed by atoms with Crippen molar-refractivity contribution in [3.05, 3.63) is 41.5 Å². The van der Waals surface area contributed by atoms with Crippen molar-refractivity contribution in [1.29, 1.82) is 0 Å². The minimum absolute atomic E-state index is 0.181. The summed E-state index contributed by atoms with van der Waals surface area (Å²) in [5, 5.41) is 10.4. The maximum absolute atomic E-state index is 10.4. The van der Waals surface area contributed by atoms with Crippen molar-refractivity contribution < 1.29 is 14.6 Å². The summed E-state index contributed by atoms with van der Waals surface area (Å²) in [5.74, 6) is 10.2. The number of hydrogen-bond acceptors (Lipinski definition) is 3. The molecular formula is C29H36O3. The molecule has 32 heavy (non-hydrogen) atoms. The highest BCUT2D eigenvalue weighted by atomic mass is 16.5. The van der Waals surface area contributed by atoms with Crippen LogP contribution in [-0.2, 0) is 4.74 Å². The molecule has 1 heterocycles. The summed E-state index contributed by atoms with van der Waals surface area (Å²) >= 11 is 0. The largest absolute Gasteiger partial charge is 0.497 e. The molecule has 0 amide bonds. The number of methoxy groups -OCH3 is 1. The SMILES string of the molecule is CC#C[C@]12CC[C@H]3[C@@H]4CCC5=C[C@H](O)CC[C@]5(C)[C@H]4[C@@H](c4ccc(OC)cc4)C[C@@]31CO2. The molecule has 4 aliphatic carbocycles. The van der Waals surface area contributed by atoms with Crippen molar-refractivity contribution in [2.45, 2.75) is 76.4 Å². The second-order valence-corrected chi connectivity index (χ2v) is 11.3. The van der Waals surface area contributed by atoms with Gasteiger partial charge in [0, 0.05) is 5.41 Å². The fraction of sp³-hybridized carbons (Fsp3) is 0.655. The molecule has 1 aliphatic heterocycles. The summed E-state index contributed by atoms with van der Waals surface area (Å²) in [4.78, 5) is 0. The first kappa shape index (κ1) is 20.8. The Kier molecular flexibility index (Phi) is 4.63. The van der Waals surface area contributed by atoms with Crippen molar-refractivity contribution in [1.82, 2.24) is 0 Å². The van der Waals surface area contributed by atoms with E-state index in [1.807, 2.05) is 6.92 Å². The number of fused-ring (bicyclic) bond motifs is 4. The molecule has 3 nitrogen and oxygen atoms in total. The Bertz CT molecular complexity index is 999. The van der Waals surface area contributed by atoms with Gasteiger partial charge >= 0.3 is 0 Å². The van der Waals surface area contributed by atoms with Crippen LogP contribution >= 0.6 is 0 Å². The summed E-state index contributed by atoms with van der Waals surface area (Å²) in [6.45, 7) is 5.36. The lowest BCUT2D eigenvalue weighted by Crippen LogP contribution is -2.67. The van der Waals surface area contributed by atoms with Gasteiger partial charge in [0.25, 0.3) is 0 Å². The highest BCUT2D eigenvalue weighted by Crippen LogP contribution is 2.74. The monoisotopic (exact) mass is 432 g/mol. The number of hydrogen-bond donors (Lipinski definition) is 1. The fourth-order valence-corrected chi connectivity index (χ4v) is 8.95. The number of benzene rings is 1. The average molecular weight is 433 g/mol. The third-order valence-electron chi connectivity index (χ3n) is 10.3. The molecule has 1 N–H and O–H groups in total. The van der Waals surface area contributed by atoms with E-state index < -0.39 is 0 Å². The van der Waals surface area contributed by atoms with Crippen LogP contribution in [-0.4, -0.2) is 30.5 Å². The van der Waals surface area contributed by atoms with Crippen molar-refractivity contribution in [2.24, 2.45) is 28.6 Å². The van der Waals surface area contributed by atoms with E-state index in [0.717, 1.165) is 38.0 Å². The maximum atomic E-state index is 10.4. The van der Waals surface area contributed by atoms with Gasteiger partial charge in [-0.1, -0.05) is 36.6 Å². The fourth-order valence-electron chi connectivity index (χ4n) is 8.95. The van der Waals surface area contributed by atoms with Gasteiger partial charge < -0.3 is 14.6 Å². The minimum Gasteiger partial charge on any atom is -0.497 e. The topological polar surface area (TPSA) is 38.7 Å². The van der Waals surface area contributed by atoms with Crippen LogP contribution in [0.1, 0.15) is 70.3 Å². The van der Waals surface area contributed by atoms with E-state index in [9.17, 15) is 5.11 Å². The van der Waals surface area contributed by atoms with E-state index >= 15 is 0 Å². The molecule has 1 spiro atoms. The zero-order valence-electron chi connectivity index (χ0n) is 19.7.